The van der Waals surface area contributed by atoms with Crippen molar-refractivity contribution in [2.75, 3.05) is 5.32 Å². The number of anilines is 1. The summed E-state index contributed by atoms with van der Waals surface area (Å²) in [5.74, 6) is 0. The summed E-state index contributed by atoms with van der Waals surface area (Å²) in [6.45, 7) is 2.65. The Hall–Kier alpha value is -3.14. The normalized spacial score (nSPS) is 15.2. The molecule has 0 unspecified atom stereocenters. The van der Waals surface area contributed by atoms with E-state index in [9.17, 15) is 4.79 Å². The number of rotatable bonds is 4. The molecule has 1 aliphatic carbocycles. The lowest BCUT2D eigenvalue weighted by molar-refractivity contribution is 0.183. The number of hydrogen-bond acceptors (Lipinski definition) is 2. The molecule has 0 bridgehead atoms. The molecular weight excluding hydrogens is 334 g/mol. The topological polar surface area (TPSA) is 45.2 Å². The van der Waals surface area contributed by atoms with Crippen molar-refractivity contribution < 1.29 is 4.79 Å². The Bertz CT molecular complexity index is 922. The first-order valence-electron chi connectivity index (χ1n) is 9.32. The number of aryl methyl sites for hydroxylation is 2. The molecule has 1 atom stereocenters. The predicted octanol–water partition coefficient (Wildman–Crippen LogP) is 5.11. The number of urea groups is 1. The van der Waals surface area contributed by atoms with Gasteiger partial charge >= 0.3 is 6.03 Å². The van der Waals surface area contributed by atoms with Crippen molar-refractivity contribution in [2.45, 2.75) is 32.4 Å². The lowest BCUT2D eigenvalue weighted by atomic mass is 10.1. The summed E-state index contributed by atoms with van der Waals surface area (Å²) in [6.07, 6.45) is 5.33. The number of hydrogen-bond donors (Lipinski definition) is 1. The number of pyridine rings is 1. The summed E-state index contributed by atoms with van der Waals surface area (Å²) >= 11 is 0. The molecule has 3 aromatic rings. The number of fused-ring (bicyclic) bond motifs is 1. The Morgan fingerprint density at radius 3 is 2.70 bits per heavy atom. The summed E-state index contributed by atoms with van der Waals surface area (Å²) < 4.78 is 0. The van der Waals surface area contributed by atoms with Gasteiger partial charge in [-0.2, -0.15) is 0 Å². The molecular formula is C23H23N3O. The quantitative estimate of drug-likeness (QED) is 0.705. The van der Waals surface area contributed by atoms with E-state index in [1.165, 1.54) is 16.7 Å². The number of nitrogens with one attached hydrogen (secondary N) is 1. The minimum absolute atomic E-state index is 0.0826. The van der Waals surface area contributed by atoms with E-state index in [0.29, 0.717) is 12.2 Å². The fourth-order valence-electron chi connectivity index (χ4n) is 3.70. The van der Waals surface area contributed by atoms with Crippen molar-refractivity contribution in [3.05, 3.63) is 95.3 Å². The molecule has 1 heterocycles. The average molecular weight is 357 g/mol. The van der Waals surface area contributed by atoms with Crippen LogP contribution in [-0.2, 0) is 13.0 Å². The third-order valence-corrected chi connectivity index (χ3v) is 5.12. The second-order valence-electron chi connectivity index (χ2n) is 7.04. The first kappa shape index (κ1) is 17.3. The van der Waals surface area contributed by atoms with E-state index in [2.05, 4.69) is 65.8 Å². The van der Waals surface area contributed by atoms with Gasteiger partial charge in [-0.05, 0) is 48.6 Å². The average Bonchev–Trinajstić information content (AvgIpc) is 3.12. The van der Waals surface area contributed by atoms with Gasteiger partial charge in [-0.1, -0.05) is 54.1 Å². The first-order chi connectivity index (χ1) is 13.2. The van der Waals surface area contributed by atoms with E-state index in [1.807, 2.05) is 17.0 Å². The Morgan fingerprint density at radius 1 is 1.11 bits per heavy atom. The van der Waals surface area contributed by atoms with Crippen LogP contribution in [0, 0.1) is 6.92 Å². The lowest BCUT2D eigenvalue weighted by Gasteiger charge is -2.30. The van der Waals surface area contributed by atoms with Crippen LogP contribution in [0.2, 0.25) is 0 Å². The maximum Gasteiger partial charge on any atom is 0.322 e. The van der Waals surface area contributed by atoms with E-state index in [-0.39, 0.29) is 12.1 Å². The van der Waals surface area contributed by atoms with Crippen LogP contribution in [0.15, 0.2) is 73.1 Å². The molecule has 1 N–H and O–H groups in total. The molecule has 27 heavy (non-hydrogen) atoms. The Kier molecular flexibility index (Phi) is 4.88. The van der Waals surface area contributed by atoms with Crippen molar-refractivity contribution >= 4 is 11.7 Å². The maximum absolute atomic E-state index is 13.2. The van der Waals surface area contributed by atoms with Crippen LogP contribution in [0.25, 0.3) is 0 Å². The number of aromatic nitrogens is 1. The fourth-order valence-corrected chi connectivity index (χ4v) is 3.70. The fraction of sp³-hybridized carbons (Fsp3) is 0.217. The number of amides is 2. The van der Waals surface area contributed by atoms with Gasteiger partial charge in [0.25, 0.3) is 0 Å². The summed E-state index contributed by atoms with van der Waals surface area (Å²) in [4.78, 5) is 19.2. The second kappa shape index (κ2) is 7.62. The lowest BCUT2D eigenvalue weighted by Crippen LogP contribution is -2.37. The van der Waals surface area contributed by atoms with Crippen molar-refractivity contribution in [3.8, 4) is 0 Å². The zero-order chi connectivity index (χ0) is 18.6. The highest BCUT2D eigenvalue weighted by molar-refractivity contribution is 5.89. The number of benzene rings is 2. The molecule has 0 aliphatic heterocycles. The summed E-state index contributed by atoms with van der Waals surface area (Å²) in [7, 11) is 0. The molecule has 2 amide bonds. The number of nitrogens with zero attached hydrogens (tertiary/aromatic N) is 2. The SMILES string of the molecule is Cc1ccc(CN(C(=O)Nc2cccnc2)[C@@H]2CCc3ccccc32)cc1. The summed E-state index contributed by atoms with van der Waals surface area (Å²) in [5, 5.41) is 3.01. The third-order valence-electron chi connectivity index (χ3n) is 5.12. The molecule has 4 nitrogen and oxygen atoms in total. The Morgan fingerprint density at radius 2 is 1.93 bits per heavy atom. The summed E-state index contributed by atoms with van der Waals surface area (Å²) in [6, 6.07) is 20.5. The molecule has 0 radical (unpaired) electrons. The van der Waals surface area contributed by atoms with Crippen LogP contribution in [0.1, 0.15) is 34.7 Å². The standard InChI is InChI=1S/C23H23N3O/c1-17-8-10-18(11-9-17)16-26(23(27)25-20-6-4-14-24-15-20)22-13-12-19-5-2-3-7-21(19)22/h2-11,14-15,22H,12-13,16H2,1H3,(H,25,27)/t22-/m1/s1. The van der Waals surface area contributed by atoms with Crippen LogP contribution in [0.5, 0.6) is 0 Å². The van der Waals surface area contributed by atoms with E-state index in [4.69, 9.17) is 0 Å². The third kappa shape index (κ3) is 3.85. The van der Waals surface area contributed by atoms with E-state index < -0.39 is 0 Å². The Labute approximate surface area is 159 Å². The van der Waals surface area contributed by atoms with Crippen LogP contribution >= 0.6 is 0 Å². The van der Waals surface area contributed by atoms with E-state index in [0.717, 1.165) is 18.4 Å². The number of carbonyl (C=O) groups is 1. The van der Waals surface area contributed by atoms with Gasteiger partial charge in [-0.3, -0.25) is 4.98 Å². The van der Waals surface area contributed by atoms with Crippen LogP contribution in [0.3, 0.4) is 0 Å². The second-order valence-corrected chi connectivity index (χ2v) is 7.04. The molecule has 0 saturated carbocycles. The molecule has 1 aromatic heterocycles. The van der Waals surface area contributed by atoms with Gasteiger partial charge in [-0.25, -0.2) is 4.79 Å². The number of carbonyl (C=O) groups excluding carboxylic acids is 1. The highest BCUT2D eigenvalue weighted by Gasteiger charge is 2.31. The Balaban J connectivity index is 1.62. The van der Waals surface area contributed by atoms with Crippen molar-refractivity contribution in [3.63, 3.8) is 0 Å². The minimum atomic E-state index is -0.0923. The van der Waals surface area contributed by atoms with Crippen molar-refractivity contribution in [1.29, 1.82) is 0 Å². The minimum Gasteiger partial charge on any atom is -0.313 e. The van der Waals surface area contributed by atoms with E-state index >= 15 is 0 Å². The van der Waals surface area contributed by atoms with Gasteiger partial charge in [0.1, 0.15) is 0 Å². The van der Waals surface area contributed by atoms with Gasteiger partial charge in [0.2, 0.25) is 0 Å². The van der Waals surface area contributed by atoms with Crippen molar-refractivity contribution in [1.82, 2.24) is 9.88 Å². The van der Waals surface area contributed by atoms with Gasteiger partial charge < -0.3 is 10.2 Å². The monoisotopic (exact) mass is 357 g/mol. The van der Waals surface area contributed by atoms with E-state index in [1.54, 1.807) is 12.4 Å². The highest BCUT2D eigenvalue weighted by atomic mass is 16.2. The van der Waals surface area contributed by atoms with Gasteiger partial charge in [0.05, 0.1) is 17.9 Å². The van der Waals surface area contributed by atoms with Crippen LogP contribution in [0.4, 0.5) is 10.5 Å². The smallest absolute Gasteiger partial charge is 0.313 e. The summed E-state index contributed by atoms with van der Waals surface area (Å²) in [5.41, 5.74) is 5.65. The van der Waals surface area contributed by atoms with Crippen molar-refractivity contribution in [2.24, 2.45) is 0 Å². The van der Waals surface area contributed by atoms with Crippen LogP contribution < -0.4 is 5.32 Å². The maximum atomic E-state index is 13.2. The van der Waals surface area contributed by atoms with Crippen LogP contribution in [-0.4, -0.2) is 15.9 Å². The zero-order valence-electron chi connectivity index (χ0n) is 15.4. The molecule has 0 saturated heterocycles. The molecule has 2 aromatic carbocycles. The van der Waals surface area contributed by atoms with Gasteiger partial charge in [0.15, 0.2) is 0 Å². The first-order valence-corrected chi connectivity index (χ1v) is 9.32. The molecule has 4 heteroatoms. The molecule has 4 rings (SSSR count). The molecule has 1 aliphatic rings. The largest absolute Gasteiger partial charge is 0.322 e. The molecule has 0 spiro atoms. The predicted molar refractivity (Wildman–Crippen MR) is 107 cm³/mol. The molecule has 0 fully saturated rings. The zero-order valence-corrected chi connectivity index (χ0v) is 15.4. The van der Waals surface area contributed by atoms with Gasteiger partial charge in [-0.15, -0.1) is 0 Å². The highest BCUT2D eigenvalue weighted by Crippen LogP contribution is 2.36. The molecule has 136 valence electrons. The van der Waals surface area contributed by atoms with Gasteiger partial charge in [0, 0.05) is 12.7 Å².